The van der Waals surface area contributed by atoms with E-state index in [9.17, 15) is 9.59 Å². The molecule has 284 valence electrons. The fraction of sp³-hybridized carbons (Fsp3) is 0.952. The molecule has 0 bridgehead atoms. The molecule has 0 amide bonds. The SMILES string of the molecule is CCCCCCCCCCCCC1OC1CCCOC(=O)C1CC2OC2CC1C(=O)OCCCC1OC1CCCCCCCCCCCC. The van der Waals surface area contributed by atoms with Crippen molar-refractivity contribution in [2.45, 2.75) is 230 Å². The van der Waals surface area contributed by atoms with Gasteiger partial charge < -0.3 is 23.7 Å². The summed E-state index contributed by atoms with van der Waals surface area (Å²) in [6, 6.07) is 0. The monoisotopic (exact) mass is 691 g/mol. The van der Waals surface area contributed by atoms with Crippen LogP contribution in [0.25, 0.3) is 0 Å². The molecule has 1 aliphatic carbocycles. The second kappa shape index (κ2) is 24.1. The van der Waals surface area contributed by atoms with Gasteiger partial charge in [-0.05, 0) is 51.4 Å². The molecule has 3 saturated heterocycles. The normalized spacial score (nSPS) is 28.2. The third kappa shape index (κ3) is 16.8. The van der Waals surface area contributed by atoms with Gasteiger partial charge in [0.2, 0.25) is 0 Å². The highest BCUT2D eigenvalue weighted by atomic mass is 16.6. The fourth-order valence-corrected chi connectivity index (χ4v) is 8.11. The Morgan fingerprint density at radius 1 is 0.429 bits per heavy atom. The maximum Gasteiger partial charge on any atom is 0.309 e. The summed E-state index contributed by atoms with van der Waals surface area (Å²) in [4.78, 5) is 26.1. The van der Waals surface area contributed by atoms with Gasteiger partial charge in [-0.2, -0.15) is 0 Å². The van der Waals surface area contributed by atoms with Crippen molar-refractivity contribution in [3.63, 3.8) is 0 Å². The number of ether oxygens (including phenoxy) is 5. The van der Waals surface area contributed by atoms with E-state index in [-0.39, 0.29) is 24.1 Å². The second-order valence-corrected chi connectivity index (χ2v) is 15.9. The van der Waals surface area contributed by atoms with Crippen molar-refractivity contribution in [3.05, 3.63) is 0 Å². The molecule has 0 aromatic rings. The molecular formula is C42H74O7. The number of hydrogen-bond donors (Lipinski definition) is 0. The fourth-order valence-electron chi connectivity index (χ4n) is 8.11. The maximum absolute atomic E-state index is 13.1. The number of unbranched alkanes of at least 4 members (excludes halogenated alkanes) is 18. The summed E-state index contributed by atoms with van der Waals surface area (Å²) in [7, 11) is 0. The number of rotatable bonds is 32. The molecule has 4 fully saturated rings. The van der Waals surface area contributed by atoms with Crippen molar-refractivity contribution in [2.24, 2.45) is 11.8 Å². The Labute approximate surface area is 300 Å². The van der Waals surface area contributed by atoms with Gasteiger partial charge in [-0.15, -0.1) is 0 Å². The molecule has 3 heterocycles. The predicted molar refractivity (Wildman–Crippen MR) is 196 cm³/mol. The standard InChI is InChI=1S/C42H74O7/c1-3-5-7-9-11-13-15-17-19-21-25-35-37(47-35)27-23-29-45-41(43)33-31-39-40(49-39)32-34(33)42(44)46-30-24-28-38-36(48-38)26-22-20-18-16-14-12-10-8-6-4-2/h33-40H,3-32H2,1-2H3. The van der Waals surface area contributed by atoms with E-state index in [2.05, 4.69) is 13.8 Å². The summed E-state index contributed by atoms with van der Waals surface area (Å²) in [5.41, 5.74) is 0. The van der Waals surface area contributed by atoms with E-state index in [1.807, 2.05) is 0 Å². The van der Waals surface area contributed by atoms with Crippen molar-refractivity contribution in [2.75, 3.05) is 13.2 Å². The van der Waals surface area contributed by atoms with E-state index in [0.717, 1.165) is 38.5 Å². The quantitative estimate of drug-likeness (QED) is 0.0394. The van der Waals surface area contributed by atoms with E-state index in [1.165, 1.54) is 128 Å². The van der Waals surface area contributed by atoms with Crippen molar-refractivity contribution in [1.29, 1.82) is 0 Å². The molecule has 8 atom stereocenters. The van der Waals surface area contributed by atoms with Crippen LogP contribution in [0, 0.1) is 11.8 Å². The Morgan fingerprint density at radius 2 is 0.735 bits per heavy atom. The minimum absolute atomic E-state index is 0.0903. The number of esters is 2. The minimum atomic E-state index is -0.463. The van der Waals surface area contributed by atoms with Gasteiger partial charge in [-0.25, -0.2) is 0 Å². The lowest BCUT2D eigenvalue weighted by atomic mass is 9.79. The van der Waals surface area contributed by atoms with Gasteiger partial charge in [0.05, 0.1) is 61.7 Å². The first-order chi connectivity index (χ1) is 24.1. The Bertz CT molecular complexity index is 824. The average molecular weight is 691 g/mol. The number of carbonyl (C=O) groups excluding carboxylic acids is 2. The molecule has 8 unspecified atom stereocenters. The maximum atomic E-state index is 13.1. The van der Waals surface area contributed by atoms with Crippen LogP contribution in [0.5, 0.6) is 0 Å². The van der Waals surface area contributed by atoms with Crippen LogP contribution in [0.4, 0.5) is 0 Å². The van der Waals surface area contributed by atoms with Gasteiger partial charge in [0, 0.05) is 0 Å². The number of carbonyl (C=O) groups is 2. The first-order valence-electron chi connectivity index (χ1n) is 21.4. The molecule has 0 radical (unpaired) electrons. The van der Waals surface area contributed by atoms with Crippen LogP contribution in [-0.2, 0) is 33.3 Å². The topological polar surface area (TPSA) is 90.2 Å². The Balaban J connectivity index is 0.960. The van der Waals surface area contributed by atoms with Gasteiger partial charge in [0.1, 0.15) is 0 Å². The zero-order chi connectivity index (χ0) is 34.5. The molecule has 0 aromatic carbocycles. The first kappa shape index (κ1) is 40.6. The lowest BCUT2D eigenvalue weighted by Gasteiger charge is -2.26. The summed E-state index contributed by atoms with van der Waals surface area (Å²) in [5.74, 6) is -1.46. The first-order valence-corrected chi connectivity index (χ1v) is 21.4. The van der Waals surface area contributed by atoms with Crippen LogP contribution in [0.2, 0.25) is 0 Å². The molecule has 4 rings (SSSR count). The molecule has 1 saturated carbocycles. The third-order valence-electron chi connectivity index (χ3n) is 11.6. The van der Waals surface area contributed by atoms with Gasteiger partial charge in [-0.3, -0.25) is 9.59 Å². The molecule has 0 N–H and O–H groups in total. The lowest BCUT2D eigenvalue weighted by molar-refractivity contribution is -0.162. The highest BCUT2D eigenvalue weighted by Crippen LogP contribution is 2.44. The zero-order valence-electron chi connectivity index (χ0n) is 31.7. The predicted octanol–water partition coefficient (Wildman–Crippen LogP) is 10.6. The van der Waals surface area contributed by atoms with Crippen LogP contribution in [0.15, 0.2) is 0 Å². The van der Waals surface area contributed by atoms with E-state index >= 15 is 0 Å². The molecular weight excluding hydrogens is 616 g/mol. The van der Waals surface area contributed by atoms with E-state index < -0.39 is 11.8 Å². The van der Waals surface area contributed by atoms with Crippen molar-refractivity contribution in [1.82, 2.24) is 0 Å². The number of epoxide rings is 3. The number of hydrogen-bond acceptors (Lipinski definition) is 7. The summed E-state index contributed by atoms with van der Waals surface area (Å²) in [6.07, 6.45) is 35.7. The van der Waals surface area contributed by atoms with Gasteiger partial charge in [0.25, 0.3) is 0 Å². The van der Waals surface area contributed by atoms with Crippen LogP contribution in [0.1, 0.15) is 194 Å². The highest BCUT2D eigenvalue weighted by molar-refractivity contribution is 5.82. The average Bonchev–Trinajstić information content (AvgIpc) is 4.02. The van der Waals surface area contributed by atoms with E-state index in [4.69, 9.17) is 23.7 Å². The van der Waals surface area contributed by atoms with E-state index in [1.54, 1.807) is 0 Å². The highest BCUT2D eigenvalue weighted by Gasteiger charge is 2.53. The smallest absolute Gasteiger partial charge is 0.309 e. The summed E-state index contributed by atoms with van der Waals surface area (Å²) < 4.78 is 28.8. The summed E-state index contributed by atoms with van der Waals surface area (Å²) in [5, 5.41) is 0. The van der Waals surface area contributed by atoms with Crippen molar-refractivity contribution >= 4 is 11.9 Å². The number of fused-ring (bicyclic) bond motifs is 1. The molecule has 0 aromatic heterocycles. The van der Waals surface area contributed by atoms with Crippen molar-refractivity contribution < 1.29 is 33.3 Å². The van der Waals surface area contributed by atoms with E-state index in [0.29, 0.717) is 50.5 Å². The summed E-state index contributed by atoms with van der Waals surface area (Å²) in [6.45, 7) is 5.32. The van der Waals surface area contributed by atoms with Crippen LogP contribution in [-0.4, -0.2) is 61.8 Å². The minimum Gasteiger partial charge on any atom is -0.465 e. The molecule has 3 aliphatic heterocycles. The third-order valence-corrected chi connectivity index (χ3v) is 11.6. The van der Waals surface area contributed by atoms with Crippen LogP contribution in [0.3, 0.4) is 0 Å². The van der Waals surface area contributed by atoms with Gasteiger partial charge in [0.15, 0.2) is 0 Å². The van der Waals surface area contributed by atoms with Crippen molar-refractivity contribution in [3.8, 4) is 0 Å². The molecule has 0 spiro atoms. The largest absolute Gasteiger partial charge is 0.465 e. The van der Waals surface area contributed by atoms with Gasteiger partial charge >= 0.3 is 11.9 Å². The summed E-state index contributed by atoms with van der Waals surface area (Å²) >= 11 is 0. The Kier molecular flexibility index (Phi) is 20.0. The van der Waals surface area contributed by atoms with Crippen LogP contribution < -0.4 is 0 Å². The Morgan fingerprint density at radius 3 is 1.08 bits per heavy atom. The lowest BCUT2D eigenvalue weighted by Crippen LogP contribution is -2.38. The second-order valence-electron chi connectivity index (χ2n) is 15.9. The van der Waals surface area contributed by atoms with Gasteiger partial charge in [-0.1, -0.05) is 142 Å². The van der Waals surface area contributed by atoms with Crippen LogP contribution >= 0.6 is 0 Å². The molecule has 4 aliphatic rings. The zero-order valence-corrected chi connectivity index (χ0v) is 31.7. The Hall–Kier alpha value is -1.18. The molecule has 49 heavy (non-hydrogen) atoms. The molecule has 7 nitrogen and oxygen atoms in total. The molecule has 7 heteroatoms.